The van der Waals surface area contributed by atoms with Gasteiger partial charge in [-0.25, -0.2) is 0 Å². The van der Waals surface area contributed by atoms with E-state index in [0.717, 1.165) is 12.0 Å². The van der Waals surface area contributed by atoms with E-state index in [1.807, 2.05) is 25.1 Å². The molecule has 2 aromatic rings. The Morgan fingerprint density at radius 3 is 2.50 bits per heavy atom. The molecule has 1 amide bonds. The largest absolute Gasteiger partial charge is 0.349 e. The number of amides is 1. The minimum absolute atomic E-state index is 0.0137. The van der Waals surface area contributed by atoms with Crippen LogP contribution in [0.4, 0.5) is 0 Å². The molecule has 4 heteroatoms. The summed E-state index contributed by atoms with van der Waals surface area (Å²) in [4.78, 5) is 24.2. The first kappa shape index (κ1) is 18.7. The first-order chi connectivity index (χ1) is 12.6. The van der Waals surface area contributed by atoms with Gasteiger partial charge in [0.2, 0.25) is 5.91 Å². The van der Waals surface area contributed by atoms with Gasteiger partial charge in [-0.15, -0.1) is 11.8 Å². The summed E-state index contributed by atoms with van der Waals surface area (Å²) in [7, 11) is 0. The van der Waals surface area contributed by atoms with Crippen molar-refractivity contribution in [3.05, 3.63) is 70.8 Å². The first-order valence-corrected chi connectivity index (χ1v) is 10.4. The molecule has 0 aliphatic heterocycles. The summed E-state index contributed by atoms with van der Waals surface area (Å²) in [6.07, 6.45) is 4.84. The molecule has 136 valence electrons. The maximum absolute atomic E-state index is 12.2. The first-order valence-electron chi connectivity index (χ1n) is 9.20. The van der Waals surface area contributed by atoms with Gasteiger partial charge in [0.25, 0.3) is 0 Å². The molecular formula is C22H25NO2S. The van der Waals surface area contributed by atoms with E-state index >= 15 is 0 Å². The second-order valence-corrected chi connectivity index (χ2v) is 7.79. The Hall–Kier alpha value is -2.07. The number of fused-ring (bicyclic) bond motifs is 1. The van der Waals surface area contributed by atoms with Crippen LogP contribution < -0.4 is 5.32 Å². The molecule has 0 fully saturated rings. The molecular weight excluding hydrogens is 342 g/mol. The van der Waals surface area contributed by atoms with Crippen LogP contribution in [0.3, 0.4) is 0 Å². The van der Waals surface area contributed by atoms with E-state index in [0.29, 0.717) is 17.1 Å². The Morgan fingerprint density at radius 2 is 1.73 bits per heavy atom. The summed E-state index contributed by atoms with van der Waals surface area (Å²) in [5, 5.41) is 3.05. The molecule has 0 saturated carbocycles. The highest BCUT2D eigenvalue weighted by Gasteiger charge is 2.14. The van der Waals surface area contributed by atoms with Crippen molar-refractivity contribution in [2.45, 2.75) is 38.6 Å². The third-order valence-electron chi connectivity index (χ3n) is 4.81. The standard InChI is InChI=1S/C22H25NO2S/c1-16(19-12-11-17-7-5-6-10-20(17)13-19)23-22(25)15-26-14-21(24)18-8-3-2-4-9-18/h2-4,8-9,11-13,16H,5-7,10,14-15H2,1H3,(H,23,25). The van der Waals surface area contributed by atoms with Crippen molar-refractivity contribution in [1.82, 2.24) is 5.32 Å². The average Bonchev–Trinajstić information content (AvgIpc) is 2.68. The molecule has 3 rings (SSSR count). The molecule has 3 nitrogen and oxygen atoms in total. The van der Waals surface area contributed by atoms with Crippen molar-refractivity contribution in [3.63, 3.8) is 0 Å². The number of Topliss-reactive ketones (excluding diaryl/α,β-unsaturated/α-hetero) is 1. The number of carbonyl (C=O) groups excluding carboxylic acids is 2. The number of thioether (sulfide) groups is 1. The third kappa shape index (κ3) is 4.98. The van der Waals surface area contributed by atoms with Crippen LogP contribution in [0.2, 0.25) is 0 Å². The number of rotatable bonds is 7. The van der Waals surface area contributed by atoms with Gasteiger partial charge in [-0.3, -0.25) is 9.59 Å². The summed E-state index contributed by atoms with van der Waals surface area (Å²) in [6, 6.07) is 15.8. The maximum atomic E-state index is 12.2. The van der Waals surface area contributed by atoms with Crippen LogP contribution in [0.1, 0.15) is 52.9 Å². The van der Waals surface area contributed by atoms with E-state index in [1.54, 1.807) is 12.1 Å². The molecule has 1 aliphatic carbocycles. The summed E-state index contributed by atoms with van der Waals surface area (Å²) in [5.74, 6) is 0.658. The Kier molecular flexibility index (Phi) is 6.51. The zero-order valence-electron chi connectivity index (χ0n) is 15.2. The van der Waals surface area contributed by atoms with E-state index in [9.17, 15) is 9.59 Å². The van der Waals surface area contributed by atoms with Crippen molar-refractivity contribution in [3.8, 4) is 0 Å². The van der Waals surface area contributed by atoms with Gasteiger partial charge in [0, 0.05) is 5.56 Å². The molecule has 0 spiro atoms. The highest BCUT2D eigenvalue weighted by Crippen LogP contribution is 2.24. The molecule has 1 atom stereocenters. The molecule has 1 aliphatic rings. The van der Waals surface area contributed by atoms with Crippen LogP contribution in [0.5, 0.6) is 0 Å². The fraction of sp³-hybridized carbons (Fsp3) is 0.364. The van der Waals surface area contributed by atoms with E-state index in [-0.39, 0.29) is 17.7 Å². The number of carbonyl (C=O) groups is 2. The number of hydrogen-bond acceptors (Lipinski definition) is 3. The van der Waals surface area contributed by atoms with Crippen LogP contribution >= 0.6 is 11.8 Å². The molecule has 0 saturated heterocycles. The topological polar surface area (TPSA) is 46.2 Å². The molecule has 0 bridgehead atoms. The van der Waals surface area contributed by atoms with Crippen LogP contribution in [0.15, 0.2) is 48.5 Å². The zero-order chi connectivity index (χ0) is 18.4. The second kappa shape index (κ2) is 9.04. The van der Waals surface area contributed by atoms with Crippen LogP contribution in [-0.2, 0) is 17.6 Å². The lowest BCUT2D eigenvalue weighted by Gasteiger charge is -2.20. The fourth-order valence-corrected chi connectivity index (χ4v) is 4.06. The van der Waals surface area contributed by atoms with Gasteiger partial charge in [-0.1, -0.05) is 48.5 Å². The Labute approximate surface area is 159 Å². The zero-order valence-corrected chi connectivity index (χ0v) is 16.0. The molecule has 1 N–H and O–H groups in total. The number of nitrogens with one attached hydrogen (secondary N) is 1. The van der Waals surface area contributed by atoms with Gasteiger partial charge in [-0.2, -0.15) is 0 Å². The minimum atomic E-state index is -0.0268. The molecule has 2 aromatic carbocycles. The molecule has 26 heavy (non-hydrogen) atoms. The Morgan fingerprint density at radius 1 is 1.00 bits per heavy atom. The minimum Gasteiger partial charge on any atom is -0.349 e. The summed E-state index contributed by atoms with van der Waals surface area (Å²) < 4.78 is 0. The van der Waals surface area contributed by atoms with Gasteiger partial charge in [-0.05, 0) is 49.3 Å². The van der Waals surface area contributed by atoms with Crippen molar-refractivity contribution in [1.29, 1.82) is 0 Å². The normalized spacial score (nSPS) is 14.3. The monoisotopic (exact) mass is 367 g/mol. The molecule has 0 heterocycles. The van der Waals surface area contributed by atoms with Gasteiger partial charge in [0.1, 0.15) is 0 Å². The number of hydrogen-bond donors (Lipinski definition) is 1. The summed E-state index contributed by atoms with van der Waals surface area (Å²) >= 11 is 1.36. The van der Waals surface area contributed by atoms with Gasteiger partial charge < -0.3 is 5.32 Å². The predicted molar refractivity (Wildman–Crippen MR) is 108 cm³/mol. The molecule has 1 unspecified atom stereocenters. The third-order valence-corrected chi connectivity index (χ3v) is 5.74. The van der Waals surface area contributed by atoms with Crippen molar-refractivity contribution >= 4 is 23.5 Å². The summed E-state index contributed by atoms with van der Waals surface area (Å²) in [5.41, 5.74) is 4.73. The summed E-state index contributed by atoms with van der Waals surface area (Å²) in [6.45, 7) is 2.02. The van der Waals surface area contributed by atoms with Crippen molar-refractivity contribution in [2.24, 2.45) is 0 Å². The van der Waals surface area contributed by atoms with Gasteiger partial charge in [0.15, 0.2) is 5.78 Å². The highest BCUT2D eigenvalue weighted by atomic mass is 32.2. The number of benzene rings is 2. The number of aryl methyl sites for hydroxylation is 2. The van der Waals surface area contributed by atoms with E-state index in [2.05, 4.69) is 23.5 Å². The number of ketones is 1. The molecule has 0 aromatic heterocycles. The Bertz CT molecular complexity index is 773. The lowest BCUT2D eigenvalue weighted by molar-refractivity contribution is -0.119. The van der Waals surface area contributed by atoms with Gasteiger partial charge >= 0.3 is 0 Å². The van der Waals surface area contributed by atoms with Crippen molar-refractivity contribution in [2.75, 3.05) is 11.5 Å². The van der Waals surface area contributed by atoms with Crippen LogP contribution in [0.25, 0.3) is 0 Å². The van der Waals surface area contributed by atoms with Gasteiger partial charge in [0.05, 0.1) is 17.5 Å². The van der Waals surface area contributed by atoms with Crippen molar-refractivity contribution < 1.29 is 9.59 Å². The predicted octanol–water partition coefficient (Wildman–Crippen LogP) is 4.36. The Balaban J connectivity index is 1.46. The lowest BCUT2D eigenvalue weighted by Crippen LogP contribution is -2.28. The quantitative estimate of drug-likeness (QED) is 0.740. The fourth-order valence-electron chi connectivity index (χ4n) is 3.33. The molecule has 0 radical (unpaired) electrons. The van der Waals surface area contributed by atoms with Crippen LogP contribution in [0, 0.1) is 0 Å². The second-order valence-electron chi connectivity index (χ2n) is 6.81. The maximum Gasteiger partial charge on any atom is 0.230 e. The lowest BCUT2D eigenvalue weighted by atomic mass is 9.89. The van der Waals surface area contributed by atoms with E-state index < -0.39 is 0 Å². The SMILES string of the molecule is CC(NC(=O)CSCC(=O)c1ccccc1)c1ccc2c(c1)CCCC2. The smallest absolute Gasteiger partial charge is 0.230 e. The highest BCUT2D eigenvalue weighted by molar-refractivity contribution is 8.00. The van der Waals surface area contributed by atoms with E-state index in [1.165, 1.54) is 42.2 Å². The average molecular weight is 368 g/mol. The van der Waals surface area contributed by atoms with E-state index in [4.69, 9.17) is 0 Å². The van der Waals surface area contributed by atoms with Crippen LogP contribution in [-0.4, -0.2) is 23.2 Å².